The summed E-state index contributed by atoms with van der Waals surface area (Å²) in [6, 6.07) is 0.196. The van der Waals surface area contributed by atoms with Gasteiger partial charge in [0.25, 0.3) is 5.91 Å². The van der Waals surface area contributed by atoms with Crippen molar-refractivity contribution in [2.75, 3.05) is 13.1 Å². The molecule has 2 aromatic rings. The number of piperidine rings is 1. The molecule has 7 heteroatoms. The number of nitrogens with one attached hydrogen (secondary N) is 1. The first-order valence-corrected chi connectivity index (χ1v) is 8.19. The Morgan fingerprint density at radius 1 is 1.39 bits per heavy atom. The summed E-state index contributed by atoms with van der Waals surface area (Å²) in [5, 5.41) is 4.48. The summed E-state index contributed by atoms with van der Waals surface area (Å²) in [4.78, 5) is 26.4. The maximum Gasteiger partial charge on any atom is 0.271 e. The SMILES string of the molecule is Cc1nc(C)n([C@H]2CCCN(C(=O)c3cnc(C(C)C)[nH]3)C2)n1. The summed E-state index contributed by atoms with van der Waals surface area (Å²) >= 11 is 0. The number of aromatic amines is 1. The molecule has 0 aliphatic carbocycles. The van der Waals surface area contributed by atoms with E-state index in [0.717, 1.165) is 36.9 Å². The summed E-state index contributed by atoms with van der Waals surface area (Å²) < 4.78 is 1.96. The summed E-state index contributed by atoms with van der Waals surface area (Å²) in [5.74, 6) is 2.84. The van der Waals surface area contributed by atoms with Crippen molar-refractivity contribution in [2.24, 2.45) is 0 Å². The van der Waals surface area contributed by atoms with E-state index in [-0.39, 0.29) is 17.9 Å². The third-order valence-electron chi connectivity index (χ3n) is 4.31. The van der Waals surface area contributed by atoms with Crippen LogP contribution in [0, 0.1) is 13.8 Å². The van der Waals surface area contributed by atoms with E-state index in [2.05, 4.69) is 33.9 Å². The average Bonchev–Trinajstić information content (AvgIpc) is 3.13. The first-order chi connectivity index (χ1) is 11.0. The molecule has 0 spiro atoms. The molecular formula is C16H24N6O. The number of hydrogen-bond acceptors (Lipinski definition) is 4. The minimum atomic E-state index is 0.0172. The van der Waals surface area contributed by atoms with Crippen molar-refractivity contribution in [3.8, 4) is 0 Å². The third kappa shape index (κ3) is 3.13. The molecule has 0 saturated carbocycles. The van der Waals surface area contributed by atoms with Gasteiger partial charge in [-0.1, -0.05) is 13.8 Å². The molecule has 3 heterocycles. The lowest BCUT2D eigenvalue weighted by Crippen LogP contribution is -2.41. The van der Waals surface area contributed by atoms with Crippen LogP contribution in [0.2, 0.25) is 0 Å². The van der Waals surface area contributed by atoms with Gasteiger partial charge in [-0.3, -0.25) is 4.79 Å². The first kappa shape index (κ1) is 15.7. The number of imidazole rings is 1. The van der Waals surface area contributed by atoms with Crippen LogP contribution in [0.15, 0.2) is 6.20 Å². The van der Waals surface area contributed by atoms with Gasteiger partial charge in [0.1, 0.15) is 23.2 Å². The van der Waals surface area contributed by atoms with Gasteiger partial charge in [-0.05, 0) is 26.7 Å². The number of nitrogens with zero attached hydrogens (tertiary/aromatic N) is 5. The minimum absolute atomic E-state index is 0.0172. The lowest BCUT2D eigenvalue weighted by Gasteiger charge is -2.32. The van der Waals surface area contributed by atoms with Gasteiger partial charge in [0.15, 0.2) is 0 Å². The van der Waals surface area contributed by atoms with E-state index in [0.29, 0.717) is 12.2 Å². The van der Waals surface area contributed by atoms with Gasteiger partial charge < -0.3 is 9.88 Å². The summed E-state index contributed by atoms with van der Waals surface area (Å²) in [7, 11) is 0. The van der Waals surface area contributed by atoms with E-state index in [9.17, 15) is 4.79 Å². The number of likely N-dealkylation sites (tertiary alicyclic amines) is 1. The van der Waals surface area contributed by atoms with E-state index >= 15 is 0 Å². The zero-order valence-electron chi connectivity index (χ0n) is 14.2. The summed E-state index contributed by atoms with van der Waals surface area (Å²) in [6.07, 6.45) is 3.64. The Bertz CT molecular complexity index is 701. The molecule has 1 fully saturated rings. The number of H-pyrrole nitrogens is 1. The van der Waals surface area contributed by atoms with Gasteiger partial charge in [-0.2, -0.15) is 5.10 Å². The summed E-state index contributed by atoms with van der Waals surface area (Å²) in [6.45, 7) is 9.41. The van der Waals surface area contributed by atoms with Crippen molar-refractivity contribution >= 4 is 5.91 Å². The van der Waals surface area contributed by atoms with Crippen molar-refractivity contribution in [1.29, 1.82) is 0 Å². The largest absolute Gasteiger partial charge is 0.338 e. The van der Waals surface area contributed by atoms with Crippen molar-refractivity contribution in [3.05, 3.63) is 29.4 Å². The molecule has 0 radical (unpaired) electrons. The van der Waals surface area contributed by atoms with Crippen LogP contribution in [0.5, 0.6) is 0 Å². The second-order valence-corrected chi connectivity index (χ2v) is 6.53. The number of hydrogen-bond donors (Lipinski definition) is 1. The molecule has 3 rings (SSSR count). The highest BCUT2D eigenvalue weighted by Crippen LogP contribution is 2.23. The van der Waals surface area contributed by atoms with Crippen LogP contribution >= 0.6 is 0 Å². The van der Waals surface area contributed by atoms with Crippen molar-refractivity contribution in [2.45, 2.75) is 52.5 Å². The number of rotatable bonds is 3. The Balaban J connectivity index is 1.75. The number of amides is 1. The predicted molar refractivity (Wildman–Crippen MR) is 86.3 cm³/mol. The van der Waals surface area contributed by atoms with Crippen LogP contribution in [0.25, 0.3) is 0 Å². The fourth-order valence-electron chi connectivity index (χ4n) is 3.13. The fraction of sp³-hybridized carbons (Fsp3) is 0.625. The molecule has 1 N–H and O–H groups in total. The molecule has 2 aromatic heterocycles. The van der Waals surface area contributed by atoms with E-state index in [1.807, 2.05) is 23.4 Å². The second kappa shape index (κ2) is 6.14. The van der Waals surface area contributed by atoms with Crippen LogP contribution in [-0.2, 0) is 0 Å². The van der Waals surface area contributed by atoms with Crippen molar-refractivity contribution in [3.63, 3.8) is 0 Å². The Labute approximate surface area is 136 Å². The Morgan fingerprint density at radius 3 is 2.78 bits per heavy atom. The van der Waals surface area contributed by atoms with Crippen LogP contribution in [0.1, 0.15) is 66.6 Å². The van der Waals surface area contributed by atoms with E-state index < -0.39 is 0 Å². The zero-order valence-corrected chi connectivity index (χ0v) is 14.2. The highest BCUT2D eigenvalue weighted by atomic mass is 16.2. The normalized spacial score (nSPS) is 18.7. The van der Waals surface area contributed by atoms with Gasteiger partial charge in [0, 0.05) is 19.0 Å². The molecule has 0 bridgehead atoms. The van der Waals surface area contributed by atoms with E-state index in [1.165, 1.54) is 0 Å². The highest BCUT2D eigenvalue weighted by molar-refractivity contribution is 5.92. The molecule has 1 saturated heterocycles. The number of aromatic nitrogens is 5. The molecule has 23 heavy (non-hydrogen) atoms. The first-order valence-electron chi connectivity index (χ1n) is 8.19. The molecule has 1 atom stereocenters. The fourth-order valence-corrected chi connectivity index (χ4v) is 3.13. The highest BCUT2D eigenvalue weighted by Gasteiger charge is 2.28. The maximum atomic E-state index is 12.7. The monoisotopic (exact) mass is 316 g/mol. The van der Waals surface area contributed by atoms with E-state index in [4.69, 9.17) is 0 Å². The van der Waals surface area contributed by atoms with E-state index in [1.54, 1.807) is 6.20 Å². The minimum Gasteiger partial charge on any atom is -0.338 e. The third-order valence-corrected chi connectivity index (χ3v) is 4.31. The lowest BCUT2D eigenvalue weighted by molar-refractivity contribution is 0.0665. The Kier molecular flexibility index (Phi) is 4.19. The average molecular weight is 316 g/mol. The molecule has 1 amide bonds. The van der Waals surface area contributed by atoms with Gasteiger partial charge in [-0.15, -0.1) is 0 Å². The van der Waals surface area contributed by atoms with Gasteiger partial charge in [-0.25, -0.2) is 14.6 Å². The standard InChI is InChI=1S/C16H24N6O/c1-10(2)15-17-8-14(19-15)16(23)21-7-5-6-13(9-21)22-12(4)18-11(3)20-22/h8,10,13H,5-7,9H2,1-4H3,(H,17,19)/t13-/m0/s1. The molecule has 1 aliphatic rings. The van der Waals surface area contributed by atoms with Crippen molar-refractivity contribution in [1.82, 2.24) is 29.6 Å². The van der Waals surface area contributed by atoms with Crippen LogP contribution in [0.3, 0.4) is 0 Å². The van der Waals surface area contributed by atoms with Gasteiger partial charge in [0.2, 0.25) is 0 Å². The van der Waals surface area contributed by atoms with Crippen LogP contribution in [0.4, 0.5) is 0 Å². The number of aryl methyl sites for hydroxylation is 2. The lowest BCUT2D eigenvalue weighted by atomic mass is 10.1. The van der Waals surface area contributed by atoms with Gasteiger partial charge >= 0.3 is 0 Å². The topological polar surface area (TPSA) is 79.7 Å². The molecule has 0 aromatic carbocycles. The number of carbonyl (C=O) groups excluding carboxylic acids is 1. The molecule has 7 nitrogen and oxygen atoms in total. The predicted octanol–water partition coefficient (Wildman–Crippen LogP) is 2.22. The van der Waals surface area contributed by atoms with Crippen molar-refractivity contribution < 1.29 is 4.79 Å². The molecule has 0 unspecified atom stereocenters. The quantitative estimate of drug-likeness (QED) is 0.941. The zero-order chi connectivity index (χ0) is 16.6. The number of carbonyl (C=O) groups is 1. The molecular weight excluding hydrogens is 292 g/mol. The summed E-state index contributed by atoms with van der Waals surface area (Å²) in [5.41, 5.74) is 0.570. The smallest absolute Gasteiger partial charge is 0.271 e. The van der Waals surface area contributed by atoms with Crippen LogP contribution < -0.4 is 0 Å². The van der Waals surface area contributed by atoms with Crippen LogP contribution in [-0.4, -0.2) is 48.6 Å². The Hall–Kier alpha value is -2.18. The molecule has 1 aliphatic heterocycles. The van der Waals surface area contributed by atoms with Gasteiger partial charge in [0.05, 0.1) is 12.2 Å². The maximum absolute atomic E-state index is 12.7. The molecule has 124 valence electrons. The Morgan fingerprint density at radius 2 is 2.17 bits per heavy atom. The second-order valence-electron chi connectivity index (χ2n) is 6.53.